The Labute approximate surface area is 101 Å². The van der Waals surface area contributed by atoms with E-state index in [1.165, 1.54) is 5.56 Å². The van der Waals surface area contributed by atoms with Crippen molar-refractivity contribution in [2.45, 2.75) is 45.6 Å². The highest BCUT2D eigenvalue weighted by Crippen LogP contribution is 2.46. The van der Waals surface area contributed by atoms with Crippen LogP contribution in [-0.2, 0) is 11.8 Å². The predicted octanol–water partition coefficient (Wildman–Crippen LogP) is 4.15. The molecule has 0 N–H and O–H groups in total. The number of halogens is 2. The van der Waals surface area contributed by atoms with Gasteiger partial charge in [0.15, 0.2) is 0 Å². The summed E-state index contributed by atoms with van der Waals surface area (Å²) in [6.07, 6.45) is 1.83. The summed E-state index contributed by atoms with van der Waals surface area (Å²) in [7, 11) is 0. The standard InChI is InChI=1S/C14H18F2O/c1-9(2)14(3)8-7-10-11(14)5-4-6-12(10)17-13(15)16/h4-6,9,13H,7-8H2,1-3H3. The predicted molar refractivity (Wildman–Crippen MR) is 63.6 cm³/mol. The molecule has 0 aromatic heterocycles. The molecule has 94 valence electrons. The fourth-order valence-electron chi connectivity index (χ4n) is 2.68. The Morgan fingerprint density at radius 2 is 2.00 bits per heavy atom. The lowest BCUT2D eigenvalue weighted by atomic mass is 9.74. The van der Waals surface area contributed by atoms with Crippen LogP contribution in [0.15, 0.2) is 18.2 Å². The molecule has 0 spiro atoms. The van der Waals surface area contributed by atoms with Crippen LogP contribution in [0.1, 0.15) is 38.3 Å². The first-order valence-corrected chi connectivity index (χ1v) is 6.02. The maximum Gasteiger partial charge on any atom is 0.387 e. The van der Waals surface area contributed by atoms with E-state index in [0.717, 1.165) is 18.4 Å². The topological polar surface area (TPSA) is 9.23 Å². The van der Waals surface area contributed by atoms with E-state index in [9.17, 15) is 8.78 Å². The van der Waals surface area contributed by atoms with E-state index in [1.807, 2.05) is 12.1 Å². The summed E-state index contributed by atoms with van der Waals surface area (Å²) in [5, 5.41) is 0. The molecule has 0 saturated heterocycles. The van der Waals surface area contributed by atoms with Crippen molar-refractivity contribution >= 4 is 0 Å². The Morgan fingerprint density at radius 1 is 1.29 bits per heavy atom. The van der Waals surface area contributed by atoms with Crippen molar-refractivity contribution in [3.05, 3.63) is 29.3 Å². The molecule has 0 saturated carbocycles. The minimum absolute atomic E-state index is 0.0802. The molecule has 0 amide bonds. The molecule has 0 bridgehead atoms. The van der Waals surface area contributed by atoms with Crippen molar-refractivity contribution in [1.82, 2.24) is 0 Å². The van der Waals surface area contributed by atoms with Crippen molar-refractivity contribution in [3.8, 4) is 5.75 Å². The molecule has 1 atom stereocenters. The normalized spacial score (nSPS) is 23.2. The summed E-state index contributed by atoms with van der Waals surface area (Å²) < 4.78 is 29.2. The smallest absolute Gasteiger partial charge is 0.387 e. The van der Waals surface area contributed by atoms with Gasteiger partial charge in [0.2, 0.25) is 0 Å². The summed E-state index contributed by atoms with van der Waals surface area (Å²) in [5.41, 5.74) is 2.21. The molecular weight excluding hydrogens is 222 g/mol. The third-order valence-electron chi connectivity index (χ3n) is 4.13. The molecule has 1 nitrogen and oxygen atoms in total. The number of hydrogen-bond acceptors (Lipinski definition) is 1. The first kappa shape index (κ1) is 12.3. The zero-order valence-electron chi connectivity index (χ0n) is 10.5. The van der Waals surface area contributed by atoms with Crippen molar-refractivity contribution < 1.29 is 13.5 Å². The Kier molecular flexibility index (Phi) is 3.11. The highest BCUT2D eigenvalue weighted by molar-refractivity contribution is 5.48. The lowest BCUT2D eigenvalue weighted by Gasteiger charge is -2.30. The fourth-order valence-corrected chi connectivity index (χ4v) is 2.68. The molecule has 1 aromatic rings. The summed E-state index contributed by atoms with van der Waals surface area (Å²) in [5.74, 6) is 0.840. The number of ether oxygens (including phenoxy) is 1. The van der Waals surface area contributed by atoms with Crippen LogP contribution in [0.2, 0.25) is 0 Å². The van der Waals surface area contributed by atoms with Gasteiger partial charge in [-0.3, -0.25) is 0 Å². The average Bonchev–Trinajstić information content (AvgIpc) is 2.59. The van der Waals surface area contributed by atoms with Gasteiger partial charge in [0.05, 0.1) is 0 Å². The maximum absolute atomic E-state index is 12.3. The largest absolute Gasteiger partial charge is 0.435 e. The van der Waals surface area contributed by atoms with Crippen LogP contribution >= 0.6 is 0 Å². The van der Waals surface area contributed by atoms with Gasteiger partial charge in [0.1, 0.15) is 5.75 Å². The first-order valence-electron chi connectivity index (χ1n) is 6.02. The molecule has 1 aliphatic rings. The summed E-state index contributed by atoms with van der Waals surface area (Å²) >= 11 is 0. The second-order valence-corrected chi connectivity index (χ2v) is 5.23. The van der Waals surface area contributed by atoms with Crippen LogP contribution in [0.3, 0.4) is 0 Å². The lowest BCUT2D eigenvalue weighted by Crippen LogP contribution is -2.25. The van der Waals surface area contributed by atoms with Crippen molar-refractivity contribution in [2.24, 2.45) is 5.92 Å². The van der Waals surface area contributed by atoms with E-state index in [2.05, 4.69) is 25.5 Å². The van der Waals surface area contributed by atoms with Gasteiger partial charge < -0.3 is 4.74 Å². The van der Waals surface area contributed by atoms with Crippen LogP contribution in [0.5, 0.6) is 5.75 Å². The number of benzene rings is 1. The van der Waals surface area contributed by atoms with Gasteiger partial charge in [-0.2, -0.15) is 8.78 Å². The van der Waals surface area contributed by atoms with E-state index in [0.29, 0.717) is 11.7 Å². The number of alkyl halides is 2. The van der Waals surface area contributed by atoms with Crippen molar-refractivity contribution in [3.63, 3.8) is 0 Å². The molecule has 0 aliphatic heterocycles. The number of rotatable bonds is 3. The second kappa shape index (κ2) is 4.28. The van der Waals surface area contributed by atoms with Gasteiger partial charge in [0, 0.05) is 0 Å². The molecule has 1 unspecified atom stereocenters. The number of hydrogen-bond donors (Lipinski definition) is 0. The third kappa shape index (κ3) is 2.03. The highest BCUT2D eigenvalue weighted by Gasteiger charge is 2.38. The SMILES string of the molecule is CC(C)C1(C)CCc2c(OC(F)F)cccc21. The zero-order valence-corrected chi connectivity index (χ0v) is 10.5. The molecular formula is C14H18F2O. The van der Waals surface area contributed by atoms with E-state index in [-0.39, 0.29) is 5.41 Å². The zero-order chi connectivity index (χ0) is 12.6. The van der Waals surface area contributed by atoms with E-state index >= 15 is 0 Å². The monoisotopic (exact) mass is 240 g/mol. The summed E-state index contributed by atoms with van der Waals surface area (Å²) in [4.78, 5) is 0. The Balaban J connectivity index is 2.42. The number of fused-ring (bicyclic) bond motifs is 1. The van der Waals surface area contributed by atoms with E-state index in [1.54, 1.807) is 6.07 Å². The third-order valence-corrected chi connectivity index (χ3v) is 4.13. The van der Waals surface area contributed by atoms with Crippen LogP contribution in [0, 0.1) is 5.92 Å². The fraction of sp³-hybridized carbons (Fsp3) is 0.571. The molecule has 17 heavy (non-hydrogen) atoms. The summed E-state index contributed by atoms with van der Waals surface area (Å²) in [6, 6.07) is 5.49. The molecule has 0 radical (unpaired) electrons. The second-order valence-electron chi connectivity index (χ2n) is 5.23. The van der Waals surface area contributed by atoms with E-state index in [4.69, 9.17) is 0 Å². The van der Waals surface area contributed by atoms with Gasteiger partial charge in [0.25, 0.3) is 0 Å². The Morgan fingerprint density at radius 3 is 2.59 bits per heavy atom. The highest BCUT2D eigenvalue weighted by atomic mass is 19.3. The molecule has 1 aliphatic carbocycles. The van der Waals surface area contributed by atoms with Gasteiger partial charge in [-0.1, -0.05) is 32.9 Å². The first-order chi connectivity index (χ1) is 7.95. The molecule has 2 rings (SSSR count). The maximum atomic E-state index is 12.3. The molecule has 1 aromatic carbocycles. The van der Waals surface area contributed by atoms with Crippen LogP contribution in [0.25, 0.3) is 0 Å². The summed E-state index contributed by atoms with van der Waals surface area (Å²) in [6.45, 7) is 3.81. The molecule has 0 heterocycles. The Hall–Kier alpha value is -1.12. The van der Waals surface area contributed by atoms with Gasteiger partial charge in [-0.15, -0.1) is 0 Å². The van der Waals surface area contributed by atoms with Crippen molar-refractivity contribution in [1.29, 1.82) is 0 Å². The van der Waals surface area contributed by atoms with E-state index < -0.39 is 6.61 Å². The minimum Gasteiger partial charge on any atom is -0.435 e. The van der Waals surface area contributed by atoms with Crippen LogP contribution in [-0.4, -0.2) is 6.61 Å². The van der Waals surface area contributed by atoms with Gasteiger partial charge >= 0.3 is 6.61 Å². The molecule has 0 fully saturated rings. The van der Waals surface area contributed by atoms with Gasteiger partial charge in [-0.05, 0) is 41.4 Å². The Bertz CT molecular complexity index is 415. The molecule has 3 heteroatoms. The lowest BCUT2D eigenvalue weighted by molar-refractivity contribution is -0.0504. The van der Waals surface area contributed by atoms with Crippen molar-refractivity contribution in [2.75, 3.05) is 0 Å². The van der Waals surface area contributed by atoms with Crippen LogP contribution in [0.4, 0.5) is 8.78 Å². The van der Waals surface area contributed by atoms with Crippen LogP contribution < -0.4 is 4.74 Å². The quantitative estimate of drug-likeness (QED) is 0.771. The minimum atomic E-state index is -2.74. The van der Waals surface area contributed by atoms with Gasteiger partial charge in [-0.25, -0.2) is 0 Å². The average molecular weight is 240 g/mol.